The molecule has 0 aliphatic carbocycles. The Labute approximate surface area is 72.6 Å². The SMILES string of the molecule is O=C1C(CP)[C@@H]2SCC=CN12. The summed E-state index contributed by atoms with van der Waals surface area (Å²) in [5, 5.41) is 0.435. The van der Waals surface area contributed by atoms with Gasteiger partial charge in [-0.15, -0.1) is 21.0 Å². The summed E-state index contributed by atoms with van der Waals surface area (Å²) < 4.78 is 0. The van der Waals surface area contributed by atoms with Gasteiger partial charge in [0.1, 0.15) is 0 Å². The predicted octanol–water partition coefficient (Wildman–Crippen LogP) is 0.906. The molecule has 2 nitrogen and oxygen atoms in total. The highest BCUT2D eigenvalue weighted by atomic mass is 32.2. The molecule has 0 radical (unpaired) electrons. The van der Waals surface area contributed by atoms with Gasteiger partial charge in [-0.3, -0.25) is 4.79 Å². The Balaban J connectivity index is 2.12. The number of hydrogen-bond donors (Lipinski definition) is 0. The van der Waals surface area contributed by atoms with E-state index in [9.17, 15) is 4.79 Å². The van der Waals surface area contributed by atoms with Gasteiger partial charge in [-0.05, 0) is 6.16 Å². The van der Waals surface area contributed by atoms with Gasteiger partial charge in [0.05, 0.1) is 11.3 Å². The topological polar surface area (TPSA) is 20.3 Å². The first-order chi connectivity index (χ1) is 5.34. The lowest BCUT2D eigenvalue weighted by molar-refractivity contribution is -0.144. The molecule has 0 aromatic rings. The van der Waals surface area contributed by atoms with Gasteiger partial charge in [0.15, 0.2) is 0 Å². The fourth-order valence-electron chi connectivity index (χ4n) is 1.43. The molecule has 0 aromatic heterocycles. The Morgan fingerprint density at radius 2 is 2.64 bits per heavy atom. The van der Waals surface area contributed by atoms with Gasteiger partial charge in [-0.25, -0.2) is 0 Å². The maximum absolute atomic E-state index is 11.3. The zero-order valence-corrected chi connectivity index (χ0v) is 8.04. The molecule has 2 unspecified atom stereocenters. The molecule has 3 atom stereocenters. The number of nitrogens with zero attached hydrogens (tertiary/aromatic N) is 1. The average molecular weight is 187 g/mol. The molecule has 11 heavy (non-hydrogen) atoms. The lowest BCUT2D eigenvalue weighted by atomic mass is 10.0. The number of β-lactam (4-membered cyclic amide) rings is 1. The fraction of sp³-hybridized carbons (Fsp3) is 0.571. The van der Waals surface area contributed by atoms with E-state index in [0.29, 0.717) is 5.37 Å². The number of fused-ring (bicyclic) bond motifs is 1. The molecule has 1 fully saturated rings. The van der Waals surface area contributed by atoms with Gasteiger partial charge in [-0.1, -0.05) is 6.08 Å². The van der Waals surface area contributed by atoms with Crippen molar-refractivity contribution in [3.8, 4) is 0 Å². The highest BCUT2D eigenvalue weighted by molar-refractivity contribution is 8.00. The van der Waals surface area contributed by atoms with E-state index in [1.807, 2.05) is 28.9 Å². The van der Waals surface area contributed by atoms with Crippen LogP contribution in [0.3, 0.4) is 0 Å². The fourth-order valence-corrected chi connectivity index (χ4v) is 3.28. The number of hydrogen-bond acceptors (Lipinski definition) is 2. The summed E-state index contributed by atoms with van der Waals surface area (Å²) in [7, 11) is 2.64. The van der Waals surface area contributed by atoms with E-state index in [0.717, 1.165) is 11.9 Å². The third kappa shape index (κ3) is 1.02. The van der Waals surface area contributed by atoms with Crippen LogP contribution in [0.2, 0.25) is 0 Å². The molecule has 0 spiro atoms. The molecule has 4 heteroatoms. The molecule has 0 aromatic carbocycles. The van der Waals surface area contributed by atoms with Crippen molar-refractivity contribution in [2.75, 3.05) is 11.9 Å². The van der Waals surface area contributed by atoms with E-state index in [-0.39, 0.29) is 11.8 Å². The van der Waals surface area contributed by atoms with Crippen LogP contribution in [0.1, 0.15) is 0 Å². The highest BCUT2D eigenvalue weighted by Crippen LogP contribution is 2.38. The van der Waals surface area contributed by atoms with Crippen LogP contribution < -0.4 is 0 Å². The van der Waals surface area contributed by atoms with E-state index in [4.69, 9.17) is 0 Å². The van der Waals surface area contributed by atoms with Gasteiger partial charge in [-0.2, -0.15) is 0 Å². The molecule has 0 saturated carbocycles. The van der Waals surface area contributed by atoms with Crippen molar-refractivity contribution < 1.29 is 4.79 Å². The maximum atomic E-state index is 11.3. The average Bonchev–Trinajstić information content (AvgIpc) is 2.05. The van der Waals surface area contributed by atoms with Gasteiger partial charge in [0.25, 0.3) is 0 Å². The molecule has 2 aliphatic heterocycles. The van der Waals surface area contributed by atoms with Crippen molar-refractivity contribution in [2.45, 2.75) is 5.37 Å². The number of carbonyl (C=O) groups is 1. The van der Waals surface area contributed by atoms with Crippen molar-refractivity contribution in [2.24, 2.45) is 5.92 Å². The van der Waals surface area contributed by atoms with E-state index in [2.05, 4.69) is 9.24 Å². The van der Waals surface area contributed by atoms with Crippen LogP contribution in [0, 0.1) is 5.92 Å². The second-order valence-corrected chi connectivity index (χ2v) is 4.32. The number of thioether (sulfide) groups is 1. The Kier molecular flexibility index (Phi) is 1.94. The van der Waals surface area contributed by atoms with Crippen molar-refractivity contribution in [3.05, 3.63) is 12.3 Å². The quantitative estimate of drug-likeness (QED) is 0.449. The standard InChI is InChI=1S/C7H10NOPS/c9-6-5(4-10)7-8(6)2-1-3-11-7/h1-2,5,7H,3-4,10H2/t5?,7-/m0/s1. The minimum atomic E-state index is 0.259. The number of amides is 1. The summed E-state index contributed by atoms with van der Waals surface area (Å²) in [5.74, 6) is 1.60. The minimum absolute atomic E-state index is 0.259. The smallest absolute Gasteiger partial charge is 0.233 e. The van der Waals surface area contributed by atoms with Crippen molar-refractivity contribution >= 4 is 26.9 Å². The lowest BCUT2D eigenvalue weighted by Gasteiger charge is -2.46. The monoisotopic (exact) mass is 187 g/mol. The Morgan fingerprint density at radius 1 is 1.82 bits per heavy atom. The Hall–Kier alpha value is -0.0100. The number of carbonyl (C=O) groups excluding carboxylic acids is 1. The molecule has 2 heterocycles. The molecule has 60 valence electrons. The third-order valence-corrected chi connectivity index (χ3v) is 3.86. The zero-order chi connectivity index (χ0) is 7.84. The Morgan fingerprint density at radius 3 is 3.36 bits per heavy atom. The second kappa shape index (κ2) is 2.80. The lowest BCUT2D eigenvalue weighted by Crippen LogP contribution is -2.58. The first kappa shape index (κ1) is 7.63. The molecular weight excluding hydrogens is 177 g/mol. The summed E-state index contributed by atoms with van der Waals surface area (Å²) in [6.07, 6.45) is 4.86. The van der Waals surface area contributed by atoms with Crippen molar-refractivity contribution in [1.82, 2.24) is 4.90 Å². The van der Waals surface area contributed by atoms with E-state index < -0.39 is 0 Å². The molecule has 0 bridgehead atoms. The second-order valence-electron chi connectivity index (χ2n) is 2.70. The molecule has 2 rings (SSSR count). The third-order valence-electron chi connectivity index (χ3n) is 2.07. The normalized spacial score (nSPS) is 35.0. The predicted molar refractivity (Wildman–Crippen MR) is 50.3 cm³/mol. The van der Waals surface area contributed by atoms with Gasteiger partial charge >= 0.3 is 0 Å². The zero-order valence-electron chi connectivity index (χ0n) is 6.06. The van der Waals surface area contributed by atoms with Crippen LogP contribution in [0.4, 0.5) is 0 Å². The van der Waals surface area contributed by atoms with Crippen LogP contribution in [0.25, 0.3) is 0 Å². The van der Waals surface area contributed by atoms with Crippen LogP contribution in [-0.2, 0) is 4.79 Å². The van der Waals surface area contributed by atoms with Gasteiger partial charge < -0.3 is 4.90 Å². The van der Waals surface area contributed by atoms with E-state index in [1.165, 1.54) is 0 Å². The maximum Gasteiger partial charge on any atom is 0.233 e. The van der Waals surface area contributed by atoms with Crippen LogP contribution in [0.15, 0.2) is 12.3 Å². The van der Waals surface area contributed by atoms with Crippen LogP contribution >= 0.6 is 21.0 Å². The number of rotatable bonds is 1. The van der Waals surface area contributed by atoms with E-state index in [1.54, 1.807) is 0 Å². The molecular formula is C7H10NOPS. The molecule has 2 aliphatic rings. The van der Waals surface area contributed by atoms with E-state index >= 15 is 0 Å². The first-order valence-corrected chi connectivity index (χ1v) is 5.51. The first-order valence-electron chi connectivity index (χ1n) is 3.65. The largest absolute Gasteiger partial charge is 0.306 e. The van der Waals surface area contributed by atoms with Crippen LogP contribution in [-0.4, -0.2) is 28.1 Å². The molecule has 1 amide bonds. The molecule has 1 saturated heterocycles. The van der Waals surface area contributed by atoms with Crippen molar-refractivity contribution in [1.29, 1.82) is 0 Å². The van der Waals surface area contributed by atoms with Gasteiger partial charge in [0.2, 0.25) is 5.91 Å². The highest BCUT2D eigenvalue weighted by Gasteiger charge is 2.45. The summed E-state index contributed by atoms with van der Waals surface area (Å²) in [6, 6.07) is 0. The summed E-state index contributed by atoms with van der Waals surface area (Å²) >= 11 is 1.85. The van der Waals surface area contributed by atoms with Crippen LogP contribution in [0.5, 0.6) is 0 Å². The molecule has 0 N–H and O–H groups in total. The van der Waals surface area contributed by atoms with Gasteiger partial charge in [0, 0.05) is 12.0 Å². The Bertz CT molecular complexity index is 218. The summed E-state index contributed by atoms with van der Waals surface area (Å²) in [4.78, 5) is 13.1. The minimum Gasteiger partial charge on any atom is -0.306 e. The summed E-state index contributed by atoms with van der Waals surface area (Å²) in [5.41, 5.74) is 0. The summed E-state index contributed by atoms with van der Waals surface area (Å²) in [6.45, 7) is 0. The van der Waals surface area contributed by atoms with Crippen molar-refractivity contribution in [3.63, 3.8) is 0 Å².